The van der Waals surface area contributed by atoms with Crippen LogP contribution in [0.25, 0.3) is 0 Å². The molecule has 0 aliphatic heterocycles. The van der Waals surface area contributed by atoms with Crippen LogP contribution < -0.4 is 0 Å². The third-order valence-corrected chi connectivity index (χ3v) is 4.64. The van der Waals surface area contributed by atoms with Gasteiger partial charge in [0.2, 0.25) is 0 Å². The molecule has 0 fully saturated rings. The summed E-state index contributed by atoms with van der Waals surface area (Å²) in [5.74, 6) is -0.457. The maximum atomic E-state index is 13.0. The topological polar surface area (TPSA) is 34.1 Å². The van der Waals surface area contributed by atoms with Gasteiger partial charge in [0.15, 0.2) is 0 Å². The minimum Gasteiger partial charge on any atom is -0.299 e. The van der Waals surface area contributed by atoms with Crippen molar-refractivity contribution in [3.8, 4) is 0 Å². The summed E-state index contributed by atoms with van der Waals surface area (Å²) in [4.78, 5) is 11.2. The molecule has 0 saturated carbocycles. The quantitative estimate of drug-likeness (QED) is 0.846. The first-order chi connectivity index (χ1) is 9.58. The summed E-state index contributed by atoms with van der Waals surface area (Å²) < 4.78 is 25.5. The second-order valence-electron chi connectivity index (χ2n) is 4.57. The largest absolute Gasteiger partial charge is 0.299 e. The lowest BCUT2D eigenvalue weighted by Gasteiger charge is -2.17. The van der Waals surface area contributed by atoms with E-state index in [4.69, 9.17) is 0 Å². The Morgan fingerprint density at radius 3 is 2.15 bits per heavy atom. The van der Waals surface area contributed by atoms with E-state index in [-0.39, 0.29) is 17.4 Å². The molecule has 0 aliphatic rings. The molecule has 2 atom stereocenters. The first-order valence-electron chi connectivity index (χ1n) is 6.25. The van der Waals surface area contributed by atoms with Crippen molar-refractivity contribution in [3.05, 3.63) is 71.5 Å². The van der Waals surface area contributed by atoms with Gasteiger partial charge < -0.3 is 0 Å². The van der Waals surface area contributed by atoms with Gasteiger partial charge in [-0.05, 0) is 30.2 Å². The highest BCUT2D eigenvalue weighted by atomic mass is 32.2. The Balaban J connectivity index is 2.41. The molecule has 0 spiro atoms. The van der Waals surface area contributed by atoms with Crippen molar-refractivity contribution >= 4 is 16.6 Å². The zero-order chi connectivity index (χ0) is 14.5. The molecule has 104 valence electrons. The number of benzene rings is 2. The van der Waals surface area contributed by atoms with E-state index in [9.17, 15) is 13.4 Å². The summed E-state index contributed by atoms with van der Waals surface area (Å²) in [6.07, 6.45) is 0. The number of Topliss-reactive ketones (excluding diaryl/α,β-unsaturated/α-hetero) is 1. The summed E-state index contributed by atoms with van der Waals surface area (Å²) in [6, 6.07) is 15.2. The fourth-order valence-corrected chi connectivity index (χ4v) is 3.53. The molecule has 0 aliphatic carbocycles. The summed E-state index contributed by atoms with van der Waals surface area (Å²) in [5.41, 5.74) is 1.61. The summed E-state index contributed by atoms with van der Waals surface area (Å²) in [6.45, 7) is 1.42. The van der Waals surface area contributed by atoms with Crippen molar-refractivity contribution in [2.45, 2.75) is 12.2 Å². The number of carbonyl (C=O) groups is 1. The Morgan fingerprint density at radius 1 is 1.05 bits per heavy atom. The van der Waals surface area contributed by atoms with Gasteiger partial charge in [-0.25, -0.2) is 4.39 Å². The third-order valence-electron chi connectivity index (χ3n) is 2.88. The number of rotatable bonds is 5. The average Bonchev–Trinajstić information content (AvgIpc) is 2.42. The third kappa shape index (κ3) is 3.61. The van der Waals surface area contributed by atoms with Crippen LogP contribution in [0.4, 0.5) is 4.39 Å². The molecule has 0 bridgehead atoms. The number of ketones is 1. The van der Waals surface area contributed by atoms with Crippen LogP contribution in [0.2, 0.25) is 0 Å². The molecule has 2 aromatic carbocycles. The molecule has 0 aromatic heterocycles. The molecule has 0 saturated heterocycles. The normalized spacial score (nSPS) is 13.7. The molecule has 4 heteroatoms. The van der Waals surface area contributed by atoms with Gasteiger partial charge in [-0.3, -0.25) is 9.00 Å². The monoisotopic (exact) mass is 289 g/mol. The second kappa shape index (κ2) is 6.57. The zero-order valence-corrected chi connectivity index (χ0v) is 11.9. The average molecular weight is 289 g/mol. The van der Waals surface area contributed by atoms with Crippen LogP contribution in [-0.4, -0.2) is 15.7 Å². The number of hydrogen-bond acceptors (Lipinski definition) is 2. The first-order valence-corrected chi connectivity index (χ1v) is 7.63. The van der Waals surface area contributed by atoms with Crippen molar-refractivity contribution in [1.29, 1.82) is 0 Å². The molecule has 2 rings (SSSR count). The van der Waals surface area contributed by atoms with Crippen LogP contribution in [0, 0.1) is 5.82 Å². The molecule has 2 nitrogen and oxygen atoms in total. The van der Waals surface area contributed by atoms with Crippen molar-refractivity contribution in [3.63, 3.8) is 0 Å². The van der Waals surface area contributed by atoms with Gasteiger partial charge in [0, 0.05) is 10.8 Å². The first kappa shape index (κ1) is 14.6. The van der Waals surface area contributed by atoms with Gasteiger partial charge >= 0.3 is 0 Å². The van der Waals surface area contributed by atoms with E-state index >= 15 is 0 Å². The molecular weight excluding hydrogens is 274 g/mol. The lowest BCUT2D eigenvalue weighted by Crippen LogP contribution is -2.15. The Bertz CT molecular complexity index is 608. The van der Waals surface area contributed by atoms with Crippen molar-refractivity contribution in [2.75, 3.05) is 5.75 Å². The number of carbonyl (C=O) groups excluding carboxylic acids is 1. The number of hydrogen-bond donors (Lipinski definition) is 0. The minimum absolute atomic E-state index is 0.00304. The van der Waals surface area contributed by atoms with Crippen LogP contribution in [0.15, 0.2) is 54.6 Å². The van der Waals surface area contributed by atoms with E-state index in [0.29, 0.717) is 0 Å². The van der Waals surface area contributed by atoms with E-state index < -0.39 is 16.0 Å². The SMILES string of the molecule is CC(=O)CS(=O)C(c1ccccc1)c1ccc([18F])cc1. The lowest BCUT2D eigenvalue weighted by atomic mass is 10.0. The summed E-state index contributed by atoms with van der Waals surface area (Å²) in [7, 11) is -1.37. The molecule has 2 unspecified atom stereocenters. The predicted molar refractivity (Wildman–Crippen MR) is 78.4 cm³/mol. The highest BCUT2D eigenvalue weighted by Gasteiger charge is 2.22. The predicted octanol–water partition coefficient (Wildman–Crippen LogP) is 3.25. The fourth-order valence-electron chi connectivity index (χ4n) is 2.05. The van der Waals surface area contributed by atoms with Gasteiger partial charge in [0.1, 0.15) is 11.6 Å². The van der Waals surface area contributed by atoms with E-state index in [1.165, 1.54) is 19.1 Å². The van der Waals surface area contributed by atoms with Crippen LogP contribution in [0.3, 0.4) is 0 Å². The van der Waals surface area contributed by atoms with E-state index in [0.717, 1.165) is 11.1 Å². The van der Waals surface area contributed by atoms with Crippen molar-refractivity contribution in [2.24, 2.45) is 0 Å². The fraction of sp³-hybridized carbons (Fsp3) is 0.188. The van der Waals surface area contributed by atoms with Gasteiger partial charge in [0.05, 0.1) is 11.0 Å². The zero-order valence-electron chi connectivity index (χ0n) is 11.1. The van der Waals surface area contributed by atoms with Gasteiger partial charge in [-0.1, -0.05) is 42.5 Å². The molecular formula is C16H15FO2S. The van der Waals surface area contributed by atoms with Crippen LogP contribution >= 0.6 is 0 Å². The lowest BCUT2D eigenvalue weighted by molar-refractivity contribution is -0.114. The minimum atomic E-state index is -1.37. The molecule has 0 radical (unpaired) electrons. The van der Waals surface area contributed by atoms with E-state index in [1.54, 1.807) is 12.1 Å². The molecule has 0 N–H and O–H groups in total. The van der Waals surface area contributed by atoms with Crippen molar-refractivity contribution in [1.82, 2.24) is 0 Å². The highest BCUT2D eigenvalue weighted by molar-refractivity contribution is 7.86. The number of halogens is 1. The second-order valence-corrected chi connectivity index (χ2v) is 6.09. The van der Waals surface area contributed by atoms with Crippen LogP contribution in [0.1, 0.15) is 23.3 Å². The Kier molecular flexibility index (Phi) is 4.79. The van der Waals surface area contributed by atoms with Crippen LogP contribution in [-0.2, 0) is 15.6 Å². The van der Waals surface area contributed by atoms with E-state index in [1.807, 2.05) is 30.3 Å². The Labute approximate surface area is 120 Å². The molecule has 0 amide bonds. The van der Waals surface area contributed by atoms with Gasteiger partial charge in [-0.15, -0.1) is 0 Å². The molecule has 20 heavy (non-hydrogen) atoms. The van der Waals surface area contributed by atoms with Crippen molar-refractivity contribution < 1.29 is 13.4 Å². The Hall–Kier alpha value is -1.81. The summed E-state index contributed by atoms with van der Waals surface area (Å²) in [5, 5.41) is -0.416. The van der Waals surface area contributed by atoms with E-state index in [2.05, 4.69) is 0 Å². The standard InChI is InChI=1S/C16H15FO2S/c1-12(18)11-20(19)16(13-5-3-2-4-6-13)14-7-9-15(17)10-8-14/h2-10,16H,11H2,1H3/i17-1. The maximum Gasteiger partial charge on any atom is 0.142 e. The summed E-state index contributed by atoms with van der Waals surface area (Å²) >= 11 is 0. The van der Waals surface area contributed by atoms with Gasteiger partial charge in [0.25, 0.3) is 0 Å². The van der Waals surface area contributed by atoms with Gasteiger partial charge in [-0.2, -0.15) is 0 Å². The van der Waals surface area contributed by atoms with Crippen LogP contribution in [0.5, 0.6) is 0 Å². The molecule has 2 aromatic rings. The molecule has 0 heterocycles. The Morgan fingerprint density at radius 2 is 1.60 bits per heavy atom. The maximum absolute atomic E-state index is 13.0. The highest BCUT2D eigenvalue weighted by Crippen LogP contribution is 2.28. The smallest absolute Gasteiger partial charge is 0.142 e.